The van der Waals surface area contributed by atoms with E-state index < -0.39 is 0 Å². The molecular weight excluding hydrogens is 390 g/mol. The van der Waals surface area contributed by atoms with Gasteiger partial charge in [0.25, 0.3) is 0 Å². The van der Waals surface area contributed by atoms with Gasteiger partial charge in [-0.05, 0) is 43.4 Å². The lowest BCUT2D eigenvalue weighted by Gasteiger charge is -2.25. The van der Waals surface area contributed by atoms with Crippen LogP contribution in [0.3, 0.4) is 0 Å². The Hall–Kier alpha value is -2.31. The van der Waals surface area contributed by atoms with Crippen molar-refractivity contribution in [3.63, 3.8) is 0 Å². The van der Waals surface area contributed by atoms with Crippen LogP contribution in [-0.2, 0) is 22.5 Å². The number of rotatable bonds is 9. The monoisotopic (exact) mass is 425 g/mol. The molecule has 0 amide bonds. The first-order chi connectivity index (χ1) is 15.4. The van der Waals surface area contributed by atoms with Crippen LogP contribution < -0.4 is 5.32 Å². The number of hydrogen-bond acceptors (Lipinski definition) is 4. The van der Waals surface area contributed by atoms with Gasteiger partial charge in [-0.25, -0.2) is 0 Å². The number of nitrogens with one attached hydrogen (secondary N) is 1. The summed E-state index contributed by atoms with van der Waals surface area (Å²) in [5.74, 6) is 2.52. The second-order valence-corrected chi connectivity index (χ2v) is 8.51. The maximum absolute atomic E-state index is 6.00. The van der Waals surface area contributed by atoms with Gasteiger partial charge < -0.3 is 24.1 Å². The van der Waals surface area contributed by atoms with Crippen molar-refractivity contribution >= 4 is 5.96 Å². The molecule has 1 N–H and O–H groups in total. The van der Waals surface area contributed by atoms with Gasteiger partial charge in [-0.2, -0.15) is 0 Å². The van der Waals surface area contributed by atoms with Gasteiger partial charge in [0.05, 0.1) is 32.1 Å². The van der Waals surface area contributed by atoms with Crippen LogP contribution in [0.1, 0.15) is 37.0 Å². The van der Waals surface area contributed by atoms with E-state index in [4.69, 9.17) is 18.9 Å². The Bertz CT molecular complexity index is 773. The zero-order valence-corrected chi connectivity index (χ0v) is 18.4. The molecule has 0 aliphatic carbocycles. The number of hydrogen-bond donors (Lipinski definition) is 1. The smallest absolute Gasteiger partial charge is 0.194 e. The zero-order chi connectivity index (χ0) is 21.1. The van der Waals surface area contributed by atoms with Crippen molar-refractivity contribution in [2.45, 2.75) is 44.8 Å². The summed E-state index contributed by atoms with van der Waals surface area (Å²) in [6.07, 6.45) is 7.49. The second kappa shape index (κ2) is 11.9. The number of likely N-dealkylation sites (tertiary alicyclic amines) is 1. The summed E-state index contributed by atoms with van der Waals surface area (Å²) in [7, 11) is 0. The van der Waals surface area contributed by atoms with Crippen LogP contribution in [0.15, 0.2) is 58.1 Å². The van der Waals surface area contributed by atoms with Crippen molar-refractivity contribution in [3.05, 3.63) is 60.1 Å². The Labute approximate surface area is 185 Å². The second-order valence-electron chi connectivity index (χ2n) is 8.51. The van der Waals surface area contributed by atoms with Crippen LogP contribution in [0.2, 0.25) is 0 Å². The van der Waals surface area contributed by atoms with E-state index in [0.717, 1.165) is 70.4 Å². The number of benzene rings is 1. The molecule has 31 heavy (non-hydrogen) atoms. The summed E-state index contributed by atoms with van der Waals surface area (Å²) in [6, 6.07) is 14.3. The molecule has 2 aliphatic rings. The molecule has 4 rings (SSSR count). The van der Waals surface area contributed by atoms with Crippen LogP contribution in [0.25, 0.3) is 0 Å². The SMILES string of the molecule is c1ccc(COCC2CCN(C(=NCC3CCCCO3)NCCc3ccco3)C2)cc1. The van der Waals surface area contributed by atoms with Gasteiger partial charge >= 0.3 is 0 Å². The Morgan fingerprint density at radius 1 is 1.13 bits per heavy atom. The predicted molar refractivity (Wildman–Crippen MR) is 122 cm³/mol. The topological polar surface area (TPSA) is 59.2 Å². The highest BCUT2D eigenvalue weighted by molar-refractivity contribution is 5.80. The highest BCUT2D eigenvalue weighted by atomic mass is 16.5. The molecular formula is C25H35N3O3. The minimum atomic E-state index is 0.253. The van der Waals surface area contributed by atoms with Gasteiger partial charge in [-0.15, -0.1) is 0 Å². The van der Waals surface area contributed by atoms with Crippen LogP contribution >= 0.6 is 0 Å². The minimum Gasteiger partial charge on any atom is -0.469 e. The summed E-state index contributed by atoms with van der Waals surface area (Å²) in [5, 5.41) is 3.56. The van der Waals surface area contributed by atoms with E-state index in [2.05, 4.69) is 34.5 Å². The Kier molecular flexibility index (Phi) is 8.42. The van der Waals surface area contributed by atoms with Crippen molar-refractivity contribution in [1.82, 2.24) is 10.2 Å². The van der Waals surface area contributed by atoms with E-state index in [9.17, 15) is 0 Å². The molecule has 0 bridgehead atoms. The lowest BCUT2D eigenvalue weighted by Crippen LogP contribution is -2.42. The fourth-order valence-electron chi connectivity index (χ4n) is 4.24. The number of nitrogens with zero attached hydrogens (tertiary/aromatic N) is 2. The van der Waals surface area contributed by atoms with E-state index in [0.29, 0.717) is 12.5 Å². The van der Waals surface area contributed by atoms with Crippen molar-refractivity contribution in [1.29, 1.82) is 0 Å². The van der Waals surface area contributed by atoms with Crippen LogP contribution in [0.4, 0.5) is 0 Å². The van der Waals surface area contributed by atoms with Crippen LogP contribution in [0.5, 0.6) is 0 Å². The van der Waals surface area contributed by atoms with Crippen LogP contribution in [0, 0.1) is 5.92 Å². The molecule has 2 unspecified atom stereocenters. The molecule has 1 aromatic carbocycles. The number of ether oxygens (including phenoxy) is 2. The van der Waals surface area contributed by atoms with E-state index >= 15 is 0 Å². The fraction of sp³-hybridized carbons (Fsp3) is 0.560. The number of furan rings is 1. The molecule has 6 heteroatoms. The summed E-state index contributed by atoms with van der Waals surface area (Å²) in [4.78, 5) is 7.32. The number of guanidine groups is 1. The largest absolute Gasteiger partial charge is 0.469 e. The van der Waals surface area contributed by atoms with Crippen molar-refractivity contribution in [3.8, 4) is 0 Å². The average Bonchev–Trinajstić information content (AvgIpc) is 3.50. The van der Waals surface area contributed by atoms with E-state index in [1.807, 2.05) is 18.2 Å². The normalized spacial score (nSPS) is 22.1. The molecule has 2 aromatic rings. The molecule has 0 saturated carbocycles. The molecule has 0 radical (unpaired) electrons. The molecule has 2 fully saturated rings. The number of aliphatic imine (C=N–C) groups is 1. The highest BCUT2D eigenvalue weighted by Crippen LogP contribution is 2.18. The Morgan fingerprint density at radius 2 is 2.06 bits per heavy atom. The maximum Gasteiger partial charge on any atom is 0.194 e. The minimum absolute atomic E-state index is 0.253. The van der Waals surface area contributed by atoms with Gasteiger partial charge in [0.15, 0.2) is 5.96 Å². The molecule has 2 atom stereocenters. The lowest BCUT2D eigenvalue weighted by atomic mass is 10.1. The van der Waals surface area contributed by atoms with Crippen molar-refractivity contribution in [2.24, 2.45) is 10.9 Å². The zero-order valence-electron chi connectivity index (χ0n) is 18.4. The summed E-state index contributed by atoms with van der Waals surface area (Å²) < 4.78 is 17.3. The summed E-state index contributed by atoms with van der Waals surface area (Å²) >= 11 is 0. The third-order valence-electron chi connectivity index (χ3n) is 6.00. The highest BCUT2D eigenvalue weighted by Gasteiger charge is 2.25. The third-order valence-corrected chi connectivity index (χ3v) is 6.00. The molecule has 2 saturated heterocycles. The van der Waals surface area contributed by atoms with E-state index in [1.165, 1.54) is 18.4 Å². The van der Waals surface area contributed by atoms with Gasteiger partial charge in [0.1, 0.15) is 5.76 Å². The first-order valence-corrected chi connectivity index (χ1v) is 11.7. The molecule has 3 heterocycles. The predicted octanol–water partition coefficient (Wildman–Crippen LogP) is 3.88. The fourth-order valence-corrected chi connectivity index (χ4v) is 4.24. The molecule has 6 nitrogen and oxygen atoms in total. The van der Waals surface area contributed by atoms with Crippen molar-refractivity contribution in [2.75, 3.05) is 39.4 Å². The van der Waals surface area contributed by atoms with E-state index in [-0.39, 0.29) is 6.10 Å². The maximum atomic E-state index is 6.00. The van der Waals surface area contributed by atoms with E-state index in [1.54, 1.807) is 6.26 Å². The Balaban J connectivity index is 1.27. The van der Waals surface area contributed by atoms with Gasteiger partial charge in [-0.3, -0.25) is 4.99 Å². The standard InChI is InChI=1S/C25H35N3O3/c1-2-7-21(8-3-1)19-29-20-22-12-14-28(18-22)25(26-13-11-23-10-6-16-30-23)27-17-24-9-4-5-15-31-24/h1-3,6-8,10,16,22,24H,4-5,9,11-15,17-20H2,(H,26,27). The Morgan fingerprint density at radius 3 is 2.87 bits per heavy atom. The molecule has 1 aromatic heterocycles. The van der Waals surface area contributed by atoms with Crippen LogP contribution in [-0.4, -0.2) is 56.4 Å². The van der Waals surface area contributed by atoms with Gasteiger partial charge in [0, 0.05) is 38.6 Å². The van der Waals surface area contributed by atoms with Crippen molar-refractivity contribution < 1.29 is 13.9 Å². The molecule has 168 valence electrons. The summed E-state index contributed by atoms with van der Waals surface area (Å²) in [5.41, 5.74) is 1.23. The molecule has 2 aliphatic heterocycles. The lowest BCUT2D eigenvalue weighted by molar-refractivity contribution is 0.0223. The molecule has 0 spiro atoms. The first kappa shape index (κ1) is 21.9. The average molecular weight is 426 g/mol. The first-order valence-electron chi connectivity index (χ1n) is 11.7. The van der Waals surface area contributed by atoms with Gasteiger partial charge in [0.2, 0.25) is 0 Å². The van der Waals surface area contributed by atoms with Gasteiger partial charge in [-0.1, -0.05) is 30.3 Å². The third kappa shape index (κ3) is 7.11. The quantitative estimate of drug-likeness (QED) is 0.488. The summed E-state index contributed by atoms with van der Waals surface area (Å²) in [6.45, 7) is 5.87.